The van der Waals surface area contributed by atoms with Gasteiger partial charge in [0.05, 0.1) is 0 Å². The van der Waals surface area contributed by atoms with E-state index in [9.17, 15) is 9.59 Å². The fraction of sp³-hybridized carbons (Fsp3) is 0.875. The molecule has 0 bridgehead atoms. The fourth-order valence-corrected chi connectivity index (χ4v) is 3.07. The van der Waals surface area contributed by atoms with Gasteiger partial charge in [0.15, 0.2) is 0 Å². The number of nitrogens with zero attached hydrogens (tertiary/aromatic N) is 2. The Morgan fingerprint density at radius 3 is 2.29 bits per heavy atom. The molecule has 21 heavy (non-hydrogen) atoms. The summed E-state index contributed by atoms with van der Waals surface area (Å²) in [5, 5.41) is 0. The van der Waals surface area contributed by atoms with Crippen LogP contribution in [0.15, 0.2) is 0 Å². The van der Waals surface area contributed by atoms with Crippen molar-refractivity contribution in [3.05, 3.63) is 0 Å². The van der Waals surface area contributed by atoms with E-state index in [-0.39, 0.29) is 17.9 Å². The van der Waals surface area contributed by atoms with Crippen molar-refractivity contribution in [2.75, 3.05) is 26.2 Å². The van der Waals surface area contributed by atoms with Gasteiger partial charge in [-0.05, 0) is 52.4 Å². The van der Waals surface area contributed by atoms with Crippen molar-refractivity contribution in [2.24, 2.45) is 5.92 Å². The van der Waals surface area contributed by atoms with Gasteiger partial charge in [0, 0.05) is 32.6 Å². The molecule has 2 rings (SSSR count). The predicted molar refractivity (Wildman–Crippen MR) is 81.0 cm³/mol. The molecule has 2 fully saturated rings. The summed E-state index contributed by atoms with van der Waals surface area (Å²) in [6, 6.07) is 0. The lowest BCUT2D eigenvalue weighted by Gasteiger charge is -2.34. The Balaban J connectivity index is 1.82. The predicted octanol–water partition coefficient (Wildman–Crippen LogP) is 2.65. The largest absolute Gasteiger partial charge is 0.444 e. The van der Waals surface area contributed by atoms with Crippen LogP contribution in [-0.2, 0) is 9.53 Å². The van der Waals surface area contributed by atoms with Crippen molar-refractivity contribution in [1.82, 2.24) is 9.80 Å². The maximum Gasteiger partial charge on any atom is 0.410 e. The molecule has 2 aliphatic rings. The molecule has 0 aromatic rings. The normalized spacial score (nSPS) is 23.3. The van der Waals surface area contributed by atoms with Crippen molar-refractivity contribution in [3.63, 3.8) is 0 Å². The molecule has 0 N–H and O–H groups in total. The number of ether oxygens (including phenoxy) is 1. The van der Waals surface area contributed by atoms with E-state index in [1.54, 1.807) is 4.90 Å². The molecule has 0 aromatic carbocycles. The van der Waals surface area contributed by atoms with E-state index >= 15 is 0 Å². The van der Waals surface area contributed by atoms with Crippen LogP contribution in [-0.4, -0.2) is 53.6 Å². The van der Waals surface area contributed by atoms with E-state index in [4.69, 9.17) is 4.74 Å². The van der Waals surface area contributed by atoms with Gasteiger partial charge in [-0.3, -0.25) is 4.79 Å². The number of amides is 2. The van der Waals surface area contributed by atoms with Crippen molar-refractivity contribution in [2.45, 2.75) is 58.5 Å². The third kappa shape index (κ3) is 4.90. The first kappa shape index (κ1) is 16.1. The quantitative estimate of drug-likeness (QED) is 0.787. The summed E-state index contributed by atoms with van der Waals surface area (Å²) >= 11 is 0. The van der Waals surface area contributed by atoms with Gasteiger partial charge < -0.3 is 14.5 Å². The fourth-order valence-electron chi connectivity index (χ4n) is 3.07. The Kier molecular flexibility index (Phi) is 5.12. The highest BCUT2D eigenvalue weighted by Gasteiger charge is 2.30. The minimum absolute atomic E-state index is 0.249. The second-order valence-corrected chi connectivity index (χ2v) is 7.23. The van der Waals surface area contributed by atoms with Crippen LogP contribution in [0.1, 0.15) is 52.9 Å². The highest BCUT2D eigenvalue weighted by atomic mass is 16.6. The zero-order chi connectivity index (χ0) is 15.5. The number of hydrogen-bond donors (Lipinski definition) is 0. The van der Waals surface area contributed by atoms with Crippen molar-refractivity contribution >= 4 is 12.0 Å². The minimum atomic E-state index is -0.463. The van der Waals surface area contributed by atoms with Crippen LogP contribution in [0.3, 0.4) is 0 Å². The maximum absolute atomic E-state index is 12.2. The topological polar surface area (TPSA) is 49.9 Å². The van der Waals surface area contributed by atoms with Crippen molar-refractivity contribution < 1.29 is 14.3 Å². The van der Waals surface area contributed by atoms with Crippen LogP contribution in [0.25, 0.3) is 0 Å². The lowest BCUT2D eigenvalue weighted by atomic mass is 9.94. The smallest absolute Gasteiger partial charge is 0.410 e. The van der Waals surface area contributed by atoms with Gasteiger partial charge in [-0.2, -0.15) is 0 Å². The lowest BCUT2D eigenvalue weighted by molar-refractivity contribution is -0.131. The number of carbonyl (C=O) groups is 2. The maximum atomic E-state index is 12.2. The van der Waals surface area contributed by atoms with E-state index in [0.29, 0.717) is 13.0 Å². The molecular weight excluding hydrogens is 268 g/mol. The van der Waals surface area contributed by atoms with E-state index < -0.39 is 5.60 Å². The molecule has 120 valence electrons. The highest BCUT2D eigenvalue weighted by Crippen LogP contribution is 2.23. The molecule has 0 spiro atoms. The number of likely N-dealkylation sites (tertiary alicyclic amines) is 2. The van der Waals surface area contributed by atoms with E-state index in [1.165, 1.54) is 0 Å². The summed E-state index contributed by atoms with van der Waals surface area (Å²) in [5.74, 6) is 0.530. The summed E-state index contributed by atoms with van der Waals surface area (Å²) in [5.41, 5.74) is -0.463. The Morgan fingerprint density at radius 2 is 1.67 bits per heavy atom. The first-order valence-electron chi connectivity index (χ1n) is 8.11. The van der Waals surface area contributed by atoms with Crippen LogP contribution in [0.2, 0.25) is 0 Å². The molecule has 0 saturated carbocycles. The zero-order valence-corrected chi connectivity index (χ0v) is 13.6. The molecule has 5 nitrogen and oxygen atoms in total. The summed E-state index contributed by atoms with van der Waals surface area (Å²) in [6.07, 6.45) is 4.55. The third-order valence-electron chi connectivity index (χ3n) is 4.09. The number of rotatable bonds is 2. The van der Waals surface area contributed by atoms with Crippen LogP contribution in [0.4, 0.5) is 4.79 Å². The van der Waals surface area contributed by atoms with Gasteiger partial charge in [0.25, 0.3) is 0 Å². The summed E-state index contributed by atoms with van der Waals surface area (Å²) in [6.45, 7) is 8.83. The summed E-state index contributed by atoms with van der Waals surface area (Å²) in [4.78, 5) is 28.0. The molecule has 2 amide bonds. The van der Waals surface area contributed by atoms with Crippen molar-refractivity contribution in [1.29, 1.82) is 0 Å². The Morgan fingerprint density at radius 1 is 1.05 bits per heavy atom. The van der Waals surface area contributed by atoms with Gasteiger partial charge >= 0.3 is 6.09 Å². The van der Waals surface area contributed by atoms with Crippen LogP contribution >= 0.6 is 0 Å². The standard InChI is InChI=1S/C16H28N2O3/c1-16(2,3)21-15(20)18-10-6-7-13(12-18)11-14(19)17-8-4-5-9-17/h13H,4-12H2,1-3H3. The second kappa shape index (κ2) is 6.67. The van der Waals surface area contributed by atoms with E-state index in [0.717, 1.165) is 45.3 Å². The van der Waals surface area contributed by atoms with E-state index in [1.807, 2.05) is 25.7 Å². The van der Waals surface area contributed by atoms with Crippen LogP contribution in [0, 0.1) is 5.92 Å². The zero-order valence-electron chi connectivity index (χ0n) is 13.6. The molecule has 2 aliphatic heterocycles. The molecule has 1 atom stereocenters. The Hall–Kier alpha value is -1.26. The summed E-state index contributed by atoms with van der Waals surface area (Å²) in [7, 11) is 0. The SMILES string of the molecule is CC(C)(C)OC(=O)N1CCCC(CC(=O)N2CCCC2)C1. The lowest BCUT2D eigenvalue weighted by Crippen LogP contribution is -2.44. The molecule has 2 saturated heterocycles. The summed E-state index contributed by atoms with van der Waals surface area (Å²) < 4.78 is 5.42. The van der Waals surface area contributed by atoms with Gasteiger partial charge in [0.1, 0.15) is 5.60 Å². The average Bonchev–Trinajstić information content (AvgIpc) is 2.91. The Labute approximate surface area is 127 Å². The molecule has 0 aromatic heterocycles. The monoisotopic (exact) mass is 296 g/mol. The number of carbonyl (C=O) groups excluding carboxylic acids is 2. The van der Waals surface area contributed by atoms with Crippen molar-refractivity contribution in [3.8, 4) is 0 Å². The highest BCUT2D eigenvalue weighted by molar-refractivity contribution is 5.77. The van der Waals surface area contributed by atoms with Crippen LogP contribution < -0.4 is 0 Å². The van der Waals surface area contributed by atoms with Gasteiger partial charge in [-0.25, -0.2) is 4.79 Å². The Bertz CT molecular complexity index is 383. The van der Waals surface area contributed by atoms with Gasteiger partial charge in [-0.1, -0.05) is 0 Å². The molecule has 0 radical (unpaired) electrons. The van der Waals surface area contributed by atoms with E-state index in [2.05, 4.69) is 0 Å². The molecule has 5 heteroatoms. The first-order chi connectivity index (χ1) is 9.85. The minimum Gasteiger partial charge on any atom is -0.444 e. The first-order valence-corrected chi connectivity index (χ1v) is 8.11. The number of hydrogen-bond acceptors (Lipinski definition) is 3. The third-order valence-corrected chi connectivity index (χ3v) is 4.09. The van der Waals surface area contributed by atoms with Gasteiger partial charge in [-0.15, -0.1) is 0 Å². The van der Waals surface area contributed by atoms with Gasteiger partial charge in [0.2, 0.25) is 5.91 Å². The molecular formula is C16H28N2O3. The molecule has 2 heterocycles. The van der Waals surface area contributed by atoms with Crippen LogP contribution in [0.5, 0.6) is 0 Å². The second-order valence-electron chi connectivity index (χ2n) is 7.23. The number of piperidine rings is 1. The molecule has 0 aliphatic carbocycles. The molecule has 1 unspecified atom stereocenters. The average molecular weight is 296 g/mol.